The minimum absolute atomic E-state index is 0.0654. The van der Waals surface area contributed by atoms with Crippen LogP contribution in [0.15, 0.2) is 52.0 Å². The van der Waals surface area contributed by atoms with Crippen LogP contribution in [0.5, 0.6) is 0 Å². The van der Waals surface area contributed by atoms with E-state index in [0.29, 0.717) is 43.7 Å². The minimum Gasteiger partial charge on any atom is -0.299 e. The summed E-state index contributed by atoms with van der Waals surface area (Å²) in [4.78, 5) is 17.0. The molecule has 3 rings (SSSR count). The van der Waals surface area contributed by atoms with Crippen LogP contribution in [0.1, 0.15) is 30.5 Å². The number of halogens is 1. The van der Waals surface area contributed by atoms with E-state index < -0.39 is 10.0 Å². The molecule has 1 aromatic carbocycles. The Kier molecular flexibility index (Phi) is 6.44. The average Bonchev–Trinajstić information content (AvgIpc) is 2.66. The topological polar surface area (TPSA) is 67.3 Å². The number of pyridine rings is 1. The van der Waals surface area contributed by atoms with E-state index in [2.05, 4.69) is 20.9 Å². The zero-order valence-corrected chi connectivity index (χ0v) is 17.7. The van der Waals surface area contributed by atoms with Crippen molar-refractivity contribution in [2.75, 3.05) is 13.1 Å². The lowest BCUT2D eigenvalue weighted by Crippen LogP contribution is -2.40. The summed E-state index contributed by atoms with van der Waals surface area (Å²) < 4.78 is 28.0. The van der Waals surface area contributed by atoms with Crippen LogP contribution >= 0.6 is 15.9 Å². The third-order valence-electron chi connectivity index (χ3n) is 4.92. The van der Waals surface area contributed by atoms with Gasteiger partial charge in [0.25, 0.3) is 0 Å². The Hall–Kier alpha value is -1.57. The Morgan fingerprint density at radius 1 is 1.22 bits per heavy atom. The Morgan fingerprint density at radius 3 is 2.59 bits per heavy atom. The maximum atomic E-state index is 12.9. The Morgan fingerprint density at radius 2 is 1.96 bits per heavy atom. The first kappa shape index (κ1) is 20.2. The van der Waals surface area contributed by atoms with Crippen molar-refractivity contribution in [2.24, 2.45) is 5.92 Å². The summed E-state index contributed by atoms with van der Waals surface area (Å²) in [6, 6.07) is 10.9. The summed E-state index contributed by atoms with van der Waals surface area (Å²) in [5, 5.41) is 0. The van der Waals surface area contributed by atoms with Gasteiger partial charge in [-0.05, 0) is 62.1 Å². The number of nitrogens with zero attached hydrogens (tertiary/aromatic N) is 2. The molecule has 1 saturated heterocycles. The van der Waals surface area contributed by atoms with Crippen LogP contribution in [-0.2, 0) is 21.2 Å². The van der Waals surface area contributed by atoms with Crippen LogP contribution in [0.25, 0.3) is 0 Å². The van der Waals surface area contributed by atoms with Crippen molar-refractivity contribution < 1.29 is 13.2 Å². The lowest BCUT2D eigenvalue weighted by Gasteiger charge is -2.30. The number of carbonyl (C=O) groups is 1. The van der Waals surface area contributed by atoms with E-state index in [0.717, 1.165) is 15.7 Å². The molecule has 1 aromatic heterocycles. The van der Waals surface area contributed by atoms with E-state index in [9.17, 15) is 13.2 Å². The number of hydrogen-bond acceptors (Lipinski definition) is 4. The first-order valence-corrected chi connectivity index (χ1v) is 11.3. The van der Waals surface area contributed by atoms with E-state index in [4.69, 9.17) is 0 Å². The summed E-state index contributed by atoms with van der Waals surface area (Å²) in [6.45, 7) is 2.64. The van der Waals surface area contributed by atoms with Gasteiger partial charge in [0.2, 0.25) is 10.0 Å². The quantitative estimate of drug-likeness (QED) is 0.671. The van der Waals surface area contributed by atoms with Gasteiger partial charge in [0.05, 0.1) is 4.90 Å². The number of piperidine rings is 1. The van der Waals surface area contributed by atoms with Crippen molar-refractivity contribution in [2.45, 2.75) is 37.5 Å². The first-order chi connectivity index (χ1) is 12.9. The van der Waals surface area contributed by atoms with Crippen LogP contribution in [-0.4, -0.2) is 36.6 Å². The smallest absolute Gasteiger partial charge is 0.243 e. The van der Waals surface area contributed by atoms with E-state index in [1.54, 1.807) is 18.3 Å². The fourth-order valence-electron chi connectivity index (χ4n) is 3.42. The van der Waals surface area contributed by atoms with Gasteiger partial charge in [-0.2, -0.15) is 4.31 Å². The monoisotopic (exact) mass is 450 g/mol. The van der Waals surface area contributed by atoms with Gasteiger partial charge in [-0.1, -0.05) is 22.0 Å². The Balaban J connectivity index is 1.58. The molecule has 7 heteroatoms. The third-order valence-corrected chi connectivity index (χ3v) is 7.25. The van der Waals surface area contributed by atoms with Gasteiger partial charge in [0, 0.05) is 41.8 Å². The zero-order valence-electron chi connectivity index (χ0n) is 15.3. The fraction of sp³-hybridized carbons (Fsp3) is 0.400. The van der Waals surface area contributed by atoms with Crippen molar-refractivity contribution in [3.8, 4) is 0 Å². The van der Waals surface area contributed by atoms with Gasteiger partial charge in [-0.3, -0.25) is 9.78 Å². The summed E-state index contributed by atoms with van der Waals surface area (Å²) in [6.07, 6.45) is 3.97. The predicted molar refractivity (Wildman–Crippen MR) is 108 cm³/mol. The van der Waals surface area contributed by atoms with Gasteiger partial charge in [-0.25, -0.2) is 8.42 Å². The Labute approximate surface area is 169 Å². The highest BCUT2D eigenvalue weighted by molar-refractivity contribution is 9.10. The van der Waals surface area contributed by atoms with E-state index in [-0.39, 0.29) is 11.7 Å². The van der Waals surface area contributed by atoms with Crippen molar-refractivity contribution >= 4 is 31.7 Å². The van der Waals surface area contributed by atoms with E-state index in [1.165, 1.54) is 4.31 Å². The highest BCUT2D eigenvalue weighted by Gasteiger charge is 2.32. The van der Waals surface area contributed by atoms with Crippen LogP contribution in [0.3, 0.4) is 0 Å². The maximum absolute atomic E-state index is 12.9. The lowest BCUT2D eigenvalue weighted by molar-refractivity contribution is -0.123. The number of benzene rings is 1. The molecule has 27 heavy (non-hydrogen) atoms. The molecular weight excluding hydrogens is 428 g/mol. The SMILES string of the molecule is Cc1cc(Br)cc(S(=O)(=O)N2CCC(C(=O)CCc3ccccn3)CC2)c1. The van der Waals surface area contributed by atoms with Gasteiger partial charge >= 0.3 is 0 Å². The number of Topliss-reactive ketones (excluding diaryl/α,β-unsaturated/α-hetero) is 1. The van der Waals surface area contributed by atoms with Crippen molar-refractivity contribution in [3.05, 3.63) is 58.3 Å². The molecule has 0 radical (unpaired) electrons. The van der Waals surface area contributed by atoms with E-state index in [1.807, 2.05) is 31.2 Å². The van der Waals surface area contributed by atoms with Crippen LogP contribution in [0.2, 0.25) is 0 Å². The highest BCUT2D eigenvalue weighted by atomic mass is 79.9. The number of rotatable bonds is 6. The highest BCUT2D eigenvalue weighted by Crippen LogP contribution is 2.27. The molecule has 5 nitrogen and oxygen atoms in total. The van der Waals surface area contributed by atoms with Crippen molar-refractivity contribution in [3.63, 3.8) is 0 Å². The zero-order chi connectivity index (χ0) is 19.4. The molecule has 0 N–H and O–H groups in total. The molecule has 1 aliphatic heterocycles. The van der Waals surface area contributed by atoms with Crippen molar-refractivity contribution in [1.82, 2.24) is 9.29 Å². The molecule has 0 bridgehead atoms. The number of carbonyl (C=O) groups excluding carboxylic acids is 1. The van der Waals surface area contributed by atoms with Gasteiger partial charge in [-0.15, -0.1) is 0 Å². The second kappa shape index (κ2) is 8.63. The van der Waals surface area contributed by atoms with E-state index >= 15 is 0 Å². The molecule has 0 unspecified atom stereocenters. The molecule has 1 fully saturated rings. The molecular formula is C20H23BrN2O3S. The number of hydrogen-bond donors (Lipinski definition) is 0. The van der Waals surface area contributed by atoms with Crippen LogP contribution in [0.4, 0.5) is 0 Å². The second-order valence-corrected chi connectivity index (χ2v) is 9.78. The van der Waals surface area contributed by atoms with Crippen molar-refractivity contribution in [1.29, 1.82) is 0 Å². The molecule has 144 valence electrons. The number of aromatic nitrogens is 1. The van der Waals surface area contributed by atoms with Crippen LogP contribution < -0.4 is 0 Å². The third kappa shape index (κ3) is 5.03. The number of aryl methyl sites for hydroxylation is 2. The molecule has 2 heterocycles. The molecule has 1 aliphatic rings. The first-order valence-electron chi connectivity index (χ1n) is 9.06. The van der Waals surface area contributed by atoms with Gasteiger partial charge < -0.3 is 0 Å². The Bertz CT molecular complexity index is 888. The molecule has 0 amide bonds. The summed E-state index contributed by atoms with van der Waals surface area (Å²) in [5.41, 5.74) is 1.80. The normalized spacial score (nSPS) is 16.4. The standard InChI is InChI=1S/C20H23BrN2O3S/c1-15-12-17(21)14-19(13-15)27(25,26)23-10-7-16(8-11-23)20(24)6-5-18-4-2-3-9-22-18/h2-4,9,12-14,16H,5-8,10-11H2,1H3. The average molecular weight is 451 g/mol. The summed E-state index contributed by atoms with van der Waals surface area (Å²) in [7, 11) is -3.53. The number of sulfonamides is 1. The van der Waals surface area contributed by atoms with Gasteiger partial charge in [0.15, 0.2) is 0 Å². The molecule has 0 aliphatic carbocycles. The molecule has 0 saturated carbocycles. The number of ketones is 1. The second-order valence-electron chi connectivity index (χ2n) is 6.93. The lowest BCUT2D eigenvalue weighted by atomic mass is 9.91. The molecule has 0 spiro atoms. The summed E-state index contributed by atoms with van der Waals surface area (Å²) in [5.74, 6) is 0.139. The predicted octanol–water partition coefficient (Wildman–Crippen LogP) is 3.76. The van der Waals surface area contributed by atoms with Crippen LogP contribution in [0, 0.1) is 12.8 Å². The molecule has 2 aromatic rings. The fourth-order valence-corrected chi connectivity index (χ4v) is 5.78. The summed E-state index contributed by atoms with van der Waals surface area (Å²) >= 11 is 3.36. The minimum atomic E-state index is -3.53. The molecule has 0 atom stereocenters. The maximum Gasteiger partial charge on any atom is 0.243 e. The largest absolute Gasteiger partial charge is 0.299 e. The van der Waals surface area contributed by atoms with Gasteiger partial charge in [0.1, 0.15) is 5.78 Å².